The predicted molar refractivity (Wildman–Crippen MR) is 75.8 cm³/mol. The molecule has 2 nitrogen and oxygen atoms in total. The van der Waals surface area contributed by atoms with Gasteiger partial charge in [0.1, 0.15) is 6.04 Å². The molecule has 1 atom stereocenters. The highest BCUT2D eigenvalue weighted by molar-refractivity contribution is 9.10. The minimum Gasteiger partial charge on any atom is -0.294 e. The summed E-state index contributed by atoms with van der Waals surface area (Å²) in [5, 5.41) is 12.4. The Balaban J connectivity index is 2.02. The van der Waals surface area contributed by atoms with E-state index in [9.17, 15) is 5.26 Å². The summed E-state index contributed by atoms with van der Waals surface area (Å²) in [4.78, 5) is 0. The molecule has 18 heavy (non-hydrogen) atoms. The third-order valence-electron chi connectivity index (χ3n) is 2.69. The normalized spacial score (nSPS) is 11.8. The van der Waals surface area contributed by atoms with Crippen molar-refractivity contribution in [2.24, 2.45) is 0 Å². The van der Waals surface area contributed by atoms with E-state index in [2.05, 4.69) is 27.3 Å². The van der Waals surface area contributed by atoms with Gasteiger partial charge in [-0.25, -0.2) is 0 Å². The number of hydrogen-bond acceptors (Lipinski definition) is 2. The van der Waals surface area contributed by atoms with Gasteiger partial charge in [-0.05, 0) is 23.3 Å². The minimum atomic E-state index is -0.279. The monoisotopic (exact) mass is 300 g/mol. The molecular formula is C15H13BrN2. The molecule has 2 rings (SSSR count). The zero-order valence-electron chi connectivity index (χ0n) is 9.81. The van der Waals surface area contributed by atoms with Crippen molar-refractivity contribution in [3.8, 4) is 6.07 Å². The van der Waals surface area contributed by atoms with Gasteiger partial charge >= 0.3 is 0 Å². The first-order valence-electron chi connectivity index (χ1n) is 5.72. The average Bonchev–Trinajstić information content (AvgIpc) is 2.42. The van der Waals surface area contributed by atoms with Crippen LogP contribution in [-0.2, 0) is 6.54 Å². The Morgan fingerprint density at radius 3 is 2.33 bits per heavy atom. The molecule has 0 fully saturated rings. The maximum atomic E-state index is 9.20. The van der Waals surface area contributed by atoms with Crippen LogP contribution >= 0.6 is 15.9 Å². The number of hydrogen-bond donors (Lipinski definition) is 1. The van der Waals surface area contributed by atoms with Gasteiger partial charge in [0.25, 0.3) is 0 Å². The van der Waals surface area contributed by atoms with E-state index in [-0.39, 0.29) is 6.04 Å². The average molecular weight is 301 g/mol. The molecule has 90 valence electrons. The highest BCUT2D eigenvalue weighted by atomic mass is 79.9. The van der Waals surface area contributed by atoms with Crippen molar-refractivity contribution < 1.29 is 0 Å². The lowest BCUT2D eigenvalue weighted by atomic mass is 10.1. The summed E-state index contributed by atoms with van der Waals surface area (Å²) in [6.45, 7) is 0.690. The molecule has 0 saturated heterocycles. The molecule has 0 bridgehead atoms. The first-order valence-corrected chi connectivity index (χ1v) is 6.51. The molecule has 0 amide bonds. The maximum absolute atomic E-state index is 9.20. The van der Waals surface area contributed by atoms with Gasteiger partial charge in [-0.15, -0.1) is 0 Å². The summed E-state index contributed by atoms with van der Waals surface area (Å²) in [5.74, 6) is 0. The Morgan fingerprint density at radius 1 is 1.06 bits per heavy atom. The van der Waals surface area contributed by atoms with Crippen molar-refractivity contribution in [1.82, 2.24) is 5.32 Å². The van der Waals surface area contributed by atoms with E-state index in [0.717, 1.165) is 10.0 Å². The fourth-order valence-corrected chi connectivity index (χ4v) is 1.97. The van der Waals surface area contributed by atoms with Crippen LogP contribution in [0.5, 0.6) is 0 Å². The van der Waals surface area contributed by atoms with Crippen LogP contribution in [0.1, 0.15) is 17.2 Å². The van der Waals surface area contributed by atoms with Crippen molar-refractivity contribution in [2.45, 2.75) is 12.6 Å². The Hall–Kier alpha value is -1.63. The third kappa shape index (κ3) is 3.43. The van der Waals surface area contributed by atoms with Crippen LogP contribution in [0.2, 0.25) is 0 Å². The molecule has 0 spiro atoms. The molecule has 0 heterocycles. The number of halogens is 1. The van der Waals surface area contributed by atoms with Crippen LogP contribution in [0.25, 0.3) is 0 Å². The predicted octanol–water partition coefficient (Wildman–Crippen LogP) is 3.80. The van der Waals surface area contributed by atoms with Crippen LogP contribution in [0.15, 0.2) is 59.1 Å². The van der Waals surface area contributed by atoms with Crippen LogP contribution in [0.3, 0.4) is 0 Å². The van der Waals surface area contributed by atoms with Crippen molar-refractivity contribution in [2.75, 3.05) is 0 Å². The Kier molecular flexibility index (Phi) is 4.52. The summed E-state index contributed by atoms with van der Waals surface area (Å²) in [6.07, 6.45) is 0. The molecule has 0 unspecified atom stereocenters. The number of nitrogens with zero attached hydrogens (tertiary/aromatic N) is 1. The van der Waals surface area contributed by atoms with E-state index in [0.29, 0.717) is 6.54 Å². The van der Waals surface area contributed by atoms with Crippen LogP contribution in [0.4, 0.5) is 0 Å². The van der Waals surface area contributed by atoms with E-state index < -0.39 is 0 Å². The summed E-state index contributed by atoms with van der Waals surface area (Å²) >= 11 is 3.39. The number of benzene rings is 2. The smallest absolute Gasteiger partial charge is 0.121 e. The fourth-order valence-electron chi connectivity index (χ4n) is 1.71. The van der Waals surface area contributed by atoms with Crippen molar-refractivity contribution in [3.63, 3.8) is 0 Å². The van der Waals surface area contributed by atoms with Gasteiger partial charge in [0, 0.05) is 11.0 Å². The molecule has 1 N–H and O–H groups in total. The highest BCUT2D eigenvalue weighted by Gasteiger charge is 2.09. The quantitative estimate of drug-likeness (QED) is 0.932. The molecule has 0 aromatic heterocycles. The summed E-state index contributed by atoms with van der Waals surface area (Å²) in [6, 6.07) is 19.9. The molecule has 0 aliphatic heterocycles. The number of nitriles is 1. The topological polar surface area (TPSA) is 35.8 Å². The number of nitrogens with one attached hydrogen (secondary N) is 1. The summed E-state index contributed by atoms with van der Waals surface area (Å²) in [7, 11) is 0. The Bertz CT molecular complexity index is 529. The molecule has 0 aliphatic rings. The van der Waals surface area contributed by atoms with Crippen molar-refractivity contribution in [1.29, 1.82) is 5.26 Å². The fraction of sp³-hybridized carbons (Fsp3) is 0.133. The van der Waals surface area contributed by atoms with E-state index in [4.69, 9.17) is 0 Å². The maximum Gasteiger partial charge on any atom is 0.121 e. The zero-order chi connectivity index (χ0) is 12.8. The van der Waals surface area contributed by atoms with E-state index in [1.54, 1.807) is 0 Å². The lowest BCUT2D eigenvalue weighted by molar-refractivity contribution is 0.630. The summed E-state index contributed by atoms with van der Waals surface area (Å²) < 4.78 is 1.02. The van der Waals surface area contributed by atoms with Gasteiger partial charge in [-0.1, -0.05) is 58.4 Å². The molecule has 0 radical (unpaired) electrons. The van der Waals surface area contributed by atoms with E-state index in [1.165, 1.54) is 5.56 Å². The van der Waals surface area contributed by atoms with Gasteiger partial charge in [0.2, 0.25) is 0 Å². The Labute approximate surface area is 115 Å². The third-order valence-corrected chi connectivity index (χ3v) is 3.21. The van der Waals surface area contributed by atoms with Crippen LogP contribution in [0, 0.1) is 11.3 Å². The van der Waals surface area contributed by atoms with E-state index >= 15 is 0 Å². The molecule has 2 aromatic carbocycles. The van der Waals surface area contributed by atoms with Gasteiger partial charge in [-0.3, -0.25) is 5.32 Å². The second kappa shape index (κ2) is 6.34. The summed E-state index contributed by atoms with van der Waals surface area (Å²) in [5.41, 5.74) is 2.16. The SMILES string of the molecule is N#C[C@H](NCc1ccccc1)c1ccc(Br)cc1. The zero-order valence-corrected chi connectivity index (χ0v) is 11.4. The second-order valence-corrected chi connectivity index (χ2v) is 4.90. The molecule has 0 aliphatic carbocycles. The molecule has 3 heteroatoms. The molecule has 2 aromatic rings. The lowest BCUT2D eigenvalue weighted by Gasteiger charge is -2.12. The van der Waals surface area contributed by atoms with Gasteiger partial charge in [0.05, 0.1) is 6.07 Å². The largest absolute Gasteiger partial charge is 0.294 e. The van der Waals surface area contributed by atoms with Crippen molar-refractivity contribution in [3.05, 3.63) is 70.2 Å². The Morgan fingerprint density at radius 2 is 1.72 bits per heavy atom. The molecular weight excluding hydrogens is 288 g/mol. The lowest BCUT2D eigenvalue weighted by Crippen LogP contribution is -2.19. The van der Waals surface area contributed by atoms with Gasteiger partial charge in [0.15, 0.2) is 0 Å². The minimum absolute atomic E-state index is 0.279. The first kappa shape index (κ1) is 12.8. The van der Waals surface area contributed by atoms with Crippen LogP contribution < -0.4 is 5.32 Å². The van der Waals surface area contributed by atoms with Gasteiger partial charge in [-0.2, -0.15) is 5.26 Å². The highest BCUT2D eigenvalue weighted by Crippen LogP contribution is 2.16. The first-order chi connectivity index (χ1) is 8.79. The molecule has 0 saturated carbocycles. The standard InChI is InChI=1S/C15H13BrN2/c16-14-8-6-13(7-9-14)15(10-17)18-11-12-4-2-1-3-5-12/h1-9,15,18H,11H2/t15-/m0/s1. The van der Waals surface area contributed by atoms with Crippen LogP contribution in [-0.4, -0.2) is 0 Å². The van der Waals surface area contributed by atoms with E-state index in [1.807, 2.05) is 54.6 Å². The van der Waals surface area contributed by atoms with Crippen molar-refractivity contribution >= 4 is 15.9 Å². The van der Waals surface area contributed by atoms with Gasteiger partial charge < -0.3 is 0 Å². The number of rotatable bonds is 4. The second-order valence-electron chi connectivity index (χ2n) is 3.98.